The standard InChI is InChI=1S/C6H14N2O4S/c1-4(2)7-13(11,12)8-5(3)6(9)10/h4-5,7-8H,1-3H3,(H,9,10)/t5-/m1/s1. The lowest BCUT2D eigenvalue weighted by atomic mass is 10.4. The first kappa shape index (κ1) is 12.3. The topological polar surface area (TPSA) is 95.5 Å². The van der Waals surface area contributed by atoms with Crippen molar-refractivity contribution in [2.45, 2.75) is 32.9 Å². The van der Waals surface area contributed by atoms with Gasteiger partial charge in [0.25, 0.3) is 10.2 Å². The van der Waals surface area contributed by atoms with Crippen molar-refractivity contribution in [2.24, 2.45) is 0 Å². The molecule has 0 aliphatic heterocycles. The summed E-state index contributed by atoms with van der Waals surface area (Å²) in [5.41, 5.74) is 0. The molecule has 0 radical (unpaired) electrons. The number of nitrogens with one attached hydrogen (secondary N) is 2. The largest absolute Gasteiger partial charge is 0.480 e. The fraction of sp³-hybridized carbons (Fsp3) is 0.833. The molecule has 78 valence electrons. The maximum Gasteiger partial charge on any atom is 0.321 e. The summed E-state index contributed by atoms with van der Waals surface area (Å²) in [7, 11) is -3.71. The number of aliphatic carboxylic acids is 1. The molecule has 7 heteroatoms. The van der Waals surface area contributed by atoms with E-state index in [4.69, 9.17) is 5.11 Å². The van der Waals surface area contributed by atoms with Gasteiger partial charge in [0.2, 0.25) is 0 Å². The Balaban J connectivity index is 4.27. The number of carboxylic acid groups (broad SMARTS) is 1. The zero-order chi connectivity index (χ0) is 10.6. The van der Waals surface area contributed by atoms with Gasteiger partial charge in [0.05, 0.1) is 0 Å². The van der Waals surface area contributed by atoms with E-state index in [9.17, 15) is 13.2 Å². The van der Waals surface area contributed by atoms with Crippen LogP contribution in [-0.4, -0.2) is 31.6 Å². The average Bonchev–Trinajstić information content (AvgIpc) is 1.81. The minimum atomic E-state index is -3.71. The van der Waals surface area contributed by atoms with Crippen LogP contribution in [0.25, 0.3) is 0 Å². The number of rotatable bonds is 5. The molecular formula is C6H14N2O4S. The zero-order valence-electron chi connectivity index (χ0n) is 7.73. The van der Waals surface area contributed by atoms with Crippen LogP contribution in [0.5, 0.6) is 0 Å². The van der Waals surface area contributed by atoms with E-state index < -0.39 is 22.2 Å². The molecule has 0 unspecified atom stereocenters. The Morgan fingerprint density at radius 3 is 2.00 bits per heavy atom. The van der Waals surface area contributed by atoms with Crippen LogP contribution in [0.4, 0.5) is 0 Å². The molecule has 0 aliphatic carbocycles. The van der Waals surface area contributed by atoms with Crippen molar-refractivity contribution >= 4 is 16.2 Å². The van der Waals surface area contributed by atoms with E-state index in [-0.39, 0.29) is 6.04 Å². The van der Waals surface area contributed by atoms with Crippen LogP contribution in [0.1, 0.15) is 20.8 Å². The number of hydrogen-bond donors (Lipinski definition) is 3. The third-order valence-corrected chi connectivity index (χ3v) is 2.54. The van der Waals surface area contributed by atoms with Gasteiger partial charge in [0.15, 0.2) is 0 Å². The molecule has 3 N–H and O–H groups in total. The maximum atomic E-state index is 11.1. The lowest BCUT2D eigenvalue weighted by molar-refractivity contribution is -0.138. The zero-order valence-corrected chi connectivity index (χ0v) is 8.55. The summed E-state index contributed by atoms with van der Waals surface area (Å²) >= 11 is 0. The minimum Gasteiger partial charge on any atom is -0.480 e. The molecule has 0 saturated heterocycles. The monoisotopic (exact) mass is 210 g/mol. The van der Waals surface area contributed by atoms with E-state index in [0.717, 1.165) is 0 Å². The Bertz CT molecular complexity index is 272. The van der Waals surface area contributed by atoms with Gasteiger partial charge in [-0.05, 0) is 20.8 Å². The van der Waals surface area contributed by atoms with Crippen molar-refractivity contribution < 1.29 is 18.3 Å². The fourth-order valence-corrected chi connectivity index (χ4v) is 1.88. The van der Waals surface area contributed by atoms with Crippen LogP contribution in [-0.2, 0) is 15.0 Å². The summed E-state index contributed by atoms with van der Waals surface area (Å²) in [4.78, 5) is 10.3. The summed E-state index contributed by atoms with van der Waals surface area (Å²) in [5.74, 6) is -1.21. The summed E-state index contributed by atoms with van der Waals surface area (Å²) < 4.78 is 26.3. The van der Waals surface area contributed by atoms with Gasteiger partial charge in [-0.25, -0.2) is 0 Å². The highest BCUT2D eigenvalue weighted by atomic mass is 32.2. The molecule has 0 bridgehead atoms. The average molecular weight is 210 g/mol. The highest BCUT2D eigenvalue weighted by Crippen LogP contribution is 1.88. The van der Waals surface area contributed by atoms with E-state index in [1.807, 2.05) is 4.72 Å². The van der Waals surface area contributed by atoms with Crippen LogP contribution >= 0.6 is 0 Å². The second-order valence-electron chi connectivity index (χ2n) is 2.95. The Labute approximate surface area is 77.5 Å². The summed E-state index contributed by atoms with van der Waals surface area (Å²) in [6, 6.07) is -1.39. The van der Waals surface area contributed by atoms with Crippen molar-refractivity contribution in [1.29, 1.82) is 0 Å². The Morgan fingerprint density at radius 2 is 1.69 bits per heavy atom. The van der Waals surface area contributed by atoms with Gasteiger partial charge >= 0.3 is 5.97 Å². The quantitative estimate of drug-likeness (QED) is 0.558. The van der Waals surface area contributed by atoms with Gasteiger partial charge < -0.3 is 5.11 Å². The predicted molar refractivity (Wildman–Crippen MR) is 47.4 cm³/mol. The third kappa shape index (κ3) is 5.56. The van der Waals surface area contributed by atoms with E-state index in [0.29, 0.717) is 0 Å². The van der Waals surface area contributed by atoms with Crippen molar-refractivity contribution in [3.05, 3.63) is 0 Å². The van der Waals surface area contributed by atoms with Gasteiger partial charge in [0, 0.05) is 6.04 Å². The number of carbonyl (C=O) groups is 1. The smallest absolute Gasteiger partial charge is 0.321 e. The van der Waals surface area contributed by atoms with Crippen molar-refractivity contribution in [1.82, 2.24) is 9.44 Å². The molecule has 0 aromatic rings. The molecule has 0 aliphatic rings. The third-order valence-electron chi connectivity index (χ3n) is 1.09. The van der Waals surface area contributed by atoms with E-state index >= 15 is 0 Å². The second kappa shape index (κ2) is 4.54. The number of carboxylic acids is 1. The maximum absolute atomic E-state index is 11.1. The van der Waals surface area contributed by atoms with Crippen molar-refractivity contribution in [2.75, 3.05) is 0 Å². The molecule has 0 rings (SSSR count). The summed E-state index contributed by atoms with van der Waals surface area (Å²) in [6.45, 7) is 4.54. The van der Waals surface area contributed by atoms with Gasteiger partial charge in [-0.3, -0.25) is 4.79 Å². The Morgan fingerprint density at radius 1 is 1.23 bits per heavy atom. The lowest BCUT2D eigenvalue weighted by Gasteiger charge is -2.12. The van der Waals surface area contributed by atoms with Crippen LogP contribution in [0.3, 0.4) is 0 Å². The minimum absolute atomic E-state index is 0.265. The van der Waals surface area contributed by atoms with Gasteiger partial charge in [-0.1, -0.05) is 0 Å². The number of hydrogen-bond acceptors (Lipinski definition) is 3. The van der Waals surface area contributed by atoms with Crippen LogP contribution in [0, 0.1) is 0 Å². The molecule has 0 aromatic carbocycles. The summed E-state index contributed by atoms with van der Waals surface area (Å²) in [5, 5.41) is 8.42. The highest BCUT2D eigenvalue weighted by Gasteiger charge is 2.19. The first-order valence-electron chi connectivity index (χ1n) is 3.77. The fourth-order valence-electron chi connectivity index (χ4n) is 0.627. The first-order chi connectivity index (χ1) is 5.74. The highest BCUT2D eigenvalue weighted by molar-refractivity contribution is 7.87. The second-order valence-corrected chi connectivity index (χ2v) is 4.43. The Kier molecular flexibility index (Phi) is 4.31. The molecule has 0 spiro atoms. The van der Waals surface area contributed by atoms with Crippen molar-refractivity contribution in [3.63, 3.8) is 0 Å². The van der Waals surface area contributed by atoms with Gasteiger partial charge in [-0.15, -0.1) is 0 Å². The molecule has 13 heavy (non-hydrogen) atoms. The van der Waals surface area contributed by atoms with E-state index in [2.05, 4.69) is 4.72 Å². The predicted octanol–water partition coefficient (Wildman–Crippen LogP) is -0.708. The molecule has 0 heterocycles. The van der Waals surface area contributed by atoms with Crippen LogP contribution in [0.15, 0.2) is 0 Å². The molecule has 1 atom stereocenters. The molecule has 0 saturated carbocycles. The van der Waals surface area contributed by atoms with E-state index in [1.54, 1.807) is 13.8 Å². The molecule has 0 fully saturated rings. The van der Waals surface area contributed by atoms with Crippen LogP contribution < -0.4 is 9.44 Å². The molecule has 0 amide bonds. The van der Waals surface area contributed by atoms with E-state index in [1.165, 1.54) is 6.92 Å². The normalized spacial score (nSPS) is 14.5. The summed E-state index contributed by atoms with van der Waals surface area (Å²) in [6.07, 6.45) is 0. The Hall–Kier alpha value is -0.660. The molecule has 0 aromatic heterocycles. The van der Waals surface area contributed by atoms with Crippen LogP contribution in [0.2, 0.25) is 0 Å². The molecule has 6 nitrogen and oxygen atoms in total. The van der Waals surface area contributed by atoms with Gasteiger partial charge in [-0.2, -0.15) is 17.9 Å². The first-order valence-corrected chi connectivity index (χ1v) is 5.25. The van der Waals surface area contributed by atoms with Crippen molar-refractivity contribution in [3.8, 4) is 0 Å². The SMILES string of the molecule is CC(C)NS(=O)(=O)N[C@H](C)C(=O)O. The lowest BCUT2D eigenvalue weighted by Crippen LogP contribution is -2.46. The molecular weight excluding hydrogens is 196 g/mol. The van der Waals surface area contributed by atoms with Gasteiger partial charge in [0.1, 0.15) is 6.04 Å².